The van der Waals surface area contributed by atoms with Crippen LogP contribution in [-0.2, 0) is 17.1 Å². The SMILES string of the molecule is O.[Ba+2].[Ca+2].[Cu].[H-].[H-].[H-].[H-]. The third-order valence-electron chi connectivity index (χ3n) is 0. The van der Waals surface area contributed by atoms with E-state index < -0.39 is 0 Å². The minimum Gasteiger partial charge on any atom is -1.00 e. The van der Waals surface area contributed by atoms with Crippen molar-refractivity contribution in [2.75, 3.05) is 0 Å². The molecule has 0 saturated heterocycles. The van der Waals surface area contributed by atoms with Crippen LogP contribution in [0.5, 0.6) is 0 Å². The predicted octanol–water partition coefficient (Wildman–Crippen LogP) is -1.14. The largest absolute Gasteiger partial charge is 2.00 e. The Balaban J connectivity index is 0. The Morgan fingerprint density at radius 1 is 1.25 bits per heavy atom. The summed E-state index contributed by atoms with van der Waals surface area (Å²) in [5, 5.41) is 0. The molecule has 0 aliphatic heterocycles. The Kier molecular flexibility index (Phi) is 108. The summed E-state index contributed by atoms with van der Waals surface area (Å²) in [5.41, 5.74) is 0. The van der Waals surface area contributed by atoms with E-state index in [0.717, 1.165) is 0 Å². The fourth-order valence-electron chi connectivity index (χ4n) is 0. The third kappa shape index (κ3) is 9.00. The van der Waals surface area contributed by atoms with Crippen LogP contribution in [0.4, 0.5) is 0 Å². The number of hydrogen-bond acceptors (Lipinski definition) is 0. The smallest absolute Gasteiger partial charge is 1.00 e. The van der Waals surface area contributed by atoms with Gasteiger partial charge in [0.25, 0.3) is 0 Å². The second kappa shape index (κ2) is 16.2. The van der Waals surface area contributed by atoms with Gasteiger partial charge in [-0.25, -0.2) is 0 Å². The molecule has 4 heteroatoms. The molecular formula is H6BaCaCuO. The van der Waals surface area contributed by atoms with Gasteiger partial charge < -0.3 is 11.2 Å². The van der Waals surface area contributed by atoms with Crippen LogP contribution in [-0.4, -0.2) is 92.1 Å². The third-order valence-corrected chi connectivity index (χ3v) is 0. The van der Waals surface area contributed by atoms with E-state index in [1.165, 1.54) is 0 Å². The zero-order valence-electron chi connectivity index (χ0n) is 6.22. The van der Waals surface area contributed by atoms with Crippen LogP contribution in [0.3, 0.4) is 0 Å². The van der Waals surface area contributed by atoms with Gasteiger partial charge in [-0.05, 0) is 0 Å². The molecule has 0 atom stereocenters. The van der Waals surface area contributed by atoms with Gasteiger partial charge >= 0.3 is 86.6 Å². The molecule has 0 rings (SSSR count). The summed E-state index contributed by atoms with van der Waals surface area (Å²) in [4.78, 5) is 0. The van der Waals surface area contributed by atoms with Crippen molar-refractivity contribution in [2.45, 2.75) is 0 Å². The van der Waals surface area contributed by atoms with E-state index in [-0.39, 0.29) is 115 Å². The predicted molar refractivity (Wildman–Crippen MR) is 19.6 cm³/mol. The van der Waals surface area contributed by atoms with Gasteiger partial charge in [-0.3, -0.25) is 0 Å². The fraction of sp³-hybridized carbons (Fsp3) is 0. The van der Waals surface area contributed by atoms with Crippen molar-refractivity contribution >= 4 is 86.6 Å². The summed E-state index contributed by atoms with van der Waals surface area (Å²) in [6, 6.07) is 0. The van der Waals surface area contributed by atoms with E-state index in [1.807, 2.05) is 0 Å². The second-order valence-corrected chi connectivity index (χ2v) is 0. The van der Waals surface area contributed by atoms with Gasteiger partial charge in [0.2, 0.25) is 0 Å². The Morgan fingerprint density at radius 3 is 1.25 bits per heavy atom. The van der Waals surface area contributed by atoms with Crippen LogP contribution in [0, 0.1) is 0 Å². The topological polar surface area (TPSA) is 31.5 Å². The van der Waals surface area contributed by atoms with E-state index in [9.17, 15) is 0 Å². The van der Waals surface area contributed by atoms with Gasteiger partial charge in [-0.15, -0.1) is 0 Å². The first kappa shape index (κ1) is 26.6. The molecule has 1 nitrogen and oxygen atoms in total. The number of rotatable bonds is 0. The molecule has 2 N–H and O–H groups in total. The maximum absolute atomic E-state index is 0. The molecule has 0 aromatic heterocycles. The summed E-state index contributed by atoms with van der Waals surface area (Å²) in [5.74, 6) is 0. The minimum absolute atomic E-state index is 0. The molecule has 0 bridgehead atoms. The monoisotopic (exact) mass is 263 g/mol. The molecule has 0 aromatic carbocycles. The molecule has 27 valence electrons. The Hall–Kier alpha value is 3.31. The van der Waals surface area contributed by atoms with E-state index in [4.69, 9.17) is 0 Å². The summed E-state index contributed by atoms with van der Waals surface area (Å²) in [6.07, 6.45) is 0. The summed E-state index contributed by atoms with van der Waals surface area (Å²) < 4.78 is 0. The van der Waals surface area contributed by atoms with E-state index in [1.54, 1.807) is 0 Å². The van der Waals surface area contributed by atoms with Gasteiger partial charge in [-0.1, -0.05) is 0 Å². The van der Waals surface area contributed by atoms with Crippen molar-refractivity contribution in [3.05, 3.63) is 0 Å². The van der Waals surface area contributed by atoms with Crippen molar-refractivity contribution < 1.29 is 28.3 Å². The molecule has 0 unspecified atom stereocenters. The van der Waals surface area contributed by atoms with E-state index >= 15 is 0 Å². The summed E-state index contributed by atoms with van der Waals surface area (Å²) in [6.45, 7) is 0. The summed E-state index contributed by atoms with van der Waals surface area (Å²) >= 11 is 0. The minimum atomic E-state index is 0. The van der Waals surface area contributed by atoms with Crippen molar-refractivity contribution in [1.29, 1.82) is 0 Å². The number of hydrogen-bond donors (Lipinski definition) is 0. The molecule has 0 heterocycles. The first-order valence-electron chi connectivity index (χ1n) is 0. The summed E-state index contributed by atoms with van der Waals surface area (Å²) in [7, 11) is 0. The average molecular weight is 263 g/mol. The van der Waals surface area contributed by atoms with Crippen LogP contribution < -0.4 is 0 Å². The van der Waals surface area contributed by atoms with Gasteiger partial charge in [0.05, 0.1) is 0 Å². The maximum Gasteiger partial charge on any atom is 2.00 e. The van der Waals surface area contributed by atoms with Crippen LogP contribution in [0.25, 0.3) is 0 Å². The zero-order chi connectivity index (χ0) is 0. The van der Waals surface area contributed by atoms with Crippen LogP contribution in [0.2, 0.25) is 0 Å². The van der Waals surface area contributed by atoms with Gasteiger partial charge in [0, 0.05) is 17.1 Å². The van der Waals surface area contributed by atoms with Crippen LogP contribution in [0.15, 0.2) is 0 Å². The van der Waals surface area contributed by atoms with Crippen molar-refractivity contribution in [2.24, 2.45) is 0 Å². The van der Waals surface area contributed by atoms with Crippen molar-refractivity contribution in [3.8, 4) is 0 Å². The first-order valence-corrected chi connectivity index (χ1v) is 0. The molecule has 0 spiro atoms. The second-order valence-electron chi connectivity index (χ2n) is 0. The van der Waals surface area contributed by atoms with Gasteiger partial charge in [0.15, 0.2) is 0 Å². The molecule has 0 aliphatic carbocycles. The Bertz CT molecular complexity index is 16.0. The molecular weight excluding hydrogens is 257 g/mol. The molecule has 4 heavy (non-hydrogen) atoms. The maximum atomic E-state index is 0. The molecule has 0 aromatic rings. The van der Waals surface area contributed by atoms with E-state index in [0.29, 0.717) is 0 Å². The van der Waals surface area contributed by atoms with E-state index in [2.05, 4.69) is 0 Å². The van der Waals surface area contributed by atoms with Crippen molar-refractivity contribution in [3.63, 3.8) is 0 Å². The first-order chi connectivity index (χ1) is 0. The van der Waals surface area contributed by atoms with Gasteiger partial charge in [0.1, 0.15) is 0 Å². The van der Waals surface area contributed by atoms with Crippen molar-refractivity contribution in [1.82, 2.24) is 0 Å². The Labute approximate surface area is 112 Å². The van der Waals surface area contributed by atoms with Crippen LogP contribution in [0.1, 0.15) is 5.71 Å². The Morgan fingerprint density at radius 2 is 1.25 bits per heavy atom. The molecule has 0 aliphatic rings. The molecule has 1 radical (unpaired) electrons. The molecule has 0 amide bonds. The van der Waals surface area contributed by atoms with Gasteiger partial charge in [-0.2, -0.15) is 0 Å². The quantitative estimate of drug-likeness (QED) is 0.495. The normalized spacial score (nSPS) is 0. The average Bonchev–Trinajstić information content (AvgIpc) is 0. The fourth-order valence-corrected chi connectivity index (χ4v) is 0. The molecule has 0 saturated carbocycles. The molecule has 0 fully saturated rings. The standard InChI is InChI=1S/Ba.Ca.Cu.H2O.4H/h;;;1H2;;;;/q2*+2;;;4*-1. The zero-order valence-corrected chi connectivity index (χ0v) is 9.81. The van der Waals surface area contributed by atoms with Crippen LogP contribution >= 0.6 is 0 Å².